The topological polar surface area (TPSA) is 102 Å². The van der Waals surface area contributed by atoms with Crippen LogP contribution in [0.3, 0.4) is 0 Å². The molecule has 7 nitrogen and oxygen atoms in total. The predicted octanol–water partition coefficient (Wildman–Crippen LogP) is 2.84. The number of nitrogens with one attached hydrogen (secondary N) is 2. The van der Waals surface area contributed by atoms with E-state index in [1.54, 1.807) is 6.07 Å². The molecule has 7 heteroatoms. The van der Waals surface area contributed by atoms with E-state index in [9.17, 15) is 0 Å². The molecule has 4 N–H and O–H groups in total. The van der Waals surface area contributed by atoms with E-state index in [1.807, 2.05) is 37.3 Å². The van der Waals surface area contributed by atoms with Crippen molar-refractivity contribution in [2.45, 2.75) is 6.92 Å². The van der Waals surface area contributed by atoms with Gasteiger partial charge < -0.3 is 20.9 Å². The fraction of sp³-hybridized carbons (Fsp3) is 0.0714. The van der Waals surface area contributed by atoms with Gasteiger partial charge in [0, 0.05) is 11.8 Å². The lowest BCUT2D eigenvalue weighted by Gasteiger charge is -2.11. The van der Waals surface area contributed by atoms with Crippen molar-refractivity contribution < 1.29 is 4.52 Å². The van der Waals surface area contributed by atoms with Crippen LogP contribution in [0.1, 0.15) is 5.76 Å². The van der Waals surface area contributed by atoms with Crippen LogP contribution in [0, 0.1) is 6.92 Å². The number of nitrogens with two attached hydrogens (primary N) is 1. The minimum Gasteiger partial charge on any atom is -0.393 e. The van der Waals surface area contributed by atoms with E-state index in [2.05, 4.69) is 25.8 Å². The Hall–Kier alpha value is -3.09. The summed E-state index contributed by atoms with van der Waals surface area (Å²) in [6.45, 7) is 1.81. The third kappa shape index (κ3) is 2.92. The Balaban J connectivity index is 1.85. The summed E-state index contributed by atoms with van der Waals surface area (Å²) in [4.78, 5) is 8.27. The molecule has 0 radical (unpaired) electrons. The number of para-hydroxylation sites is 1. The average molecular weight is 282 g/mol. The van der Waals surface area contributed by atoms with E-state index < -0.39 is 0 Å². The second-order valence-electron chi connectivity index (χ2n) is 4.42. The van der Waals surface area contributed by atoms with Crippen molar-refractivity contribution in [2.75, 3.05) is 16.4 Å². The number of benzene rings is 1. The second kappa shape index (κ2) is 5.49. The molecule has 2 heterocycles. The summed E-state index contributed by atoms with van der Waals surface area (Å²) >= 11 is 0. The molecule has 0 unspecified atom stereocenters. The zero-order valence-electron chi connectivity index (χ0n) is 11.4. The quantitative estimate of drug-likeness (QED) is 0.676. The Morgan fingerprint density at radius 2 is 1.76 bits per heavy atom. The van der Waals surface area contributed by atoms with Crippen LogP contribution in [-0.2, 0) is 0 Å². The van der Waals surface area contributed by atoms with Gasteiger partial charge in [-0.2, -0.15) is 0 Å². The third-order valence-corrected chi connectivity index (χ3v) is 2.79. The zero-order valence-corrected chi connectivity index (χ0v) is 11.4. The van der Waals surface area contributed by atoms with Gasteiger partial charge in [-0.1, -0.05) is 23.4 Å². The standard InChI is InChI=1S/C14H14N6O/c1-9-7-11(20-21-9)19-14-12(15)13(16-8-17-14)18-10-5-3-2-4-6-10/h2-8H,15H2,1H3,(H2,16,17,18,19,20). The fourth-order valence-electron chi connectivity index (χ4n) is 1.80. The van der Waals surface area contributed by atoms with E-state index in [0.717, 1.165) is 5.69 Å². The van der Waals surface area contributed by atoms with Gasteiger partial charge in [0.15, 0.2) is 17.5 Å². The molecule has 1 aromatic carbocycles. The third-order valence-electron chi connectivity index (χ3n) is 2.79. The summed E-state index contributed by atoms with van der Waals surface area (Å²) in [5.74, 6) is 2.24. The summed E-state index contributed by atoms with van der Waals surface area (Å²) in [6, 6.07) is 11.4. The Morgan fingerprint density at radius 3 is 2.43 bits per heavy atom. The maximum Gasteiger partial charge on any atom is 0.175 e. The Labute approximate surface area is 121 Å². The van der Waals surface area contributed by atoms with Gasteiger partial charge >= 0.3 is 0 Å². The molecule has 0 aliphatic rings. The Morgan fingerprint density at radius 1 is 1.05 bits per heavy atom. The molecule has 0 saturated carbocycles. The first-order valence-electron chi connectivity index (χ1n) is 6.35. The smallest absolute Gasteiger partial charge is 0.175 e. The number of nitrogens with zero attached hydrogens (tertiary/aromatic N) is 3. The maximum atomic E-state index is 6.08. The molecule has 0 aliphatic heterocycles. The largest absolute Gasteiger partial charge is 0.393 e. The van der Waals surface area contributed by atoms with Crippen LogP contribution in [0.2, 0.25) is 0 Å². The van der Waals surface area contributed by atoms with E-state index in [4.69, 9.17) is 10.3 Å². The first kappa shape index (κ1) is 12.9. The molecule has 0 saturated heterocycles. The van der Waals surface area contributed by atoms with Crippen LogP contribution in [0.15, 0.2) is 47.2 Å². The van der Waals surface area contributed by atoms with Crippen LogP contribution in [-0.4, -0.2) is 15.1 Å². The van der Waals surface area contributed by atoms with Crippen molar-refractivity contribution >= 4 is 28.8 Å². The van der Waals surface area contributed by atoms with Crippen LogP contribution in [0.4, 0.5) is 28.8 Å². The lowest BCUT2D eigenvalue weighted by Crippen LogP contribution is -2.05. The van der Waals surface area contributed by atoms with Crippen LogP contribution in [0.5, 0.6) is 0 Å². The monoisotopic (exact) mass is 282 g/mol. The number of anilines is 5. The van der Waals surface area contributed by atoms with Crippen molar-refractivity contribution in [1.82, 2.24) is 15.1 Å². The van der Waals surface area contributed by atoms with Crippen molar-refractivity contribution in [3.05, 3.63) is 48.5 Å². The highest BCUT2D eigenvalue weighted by molar-refractivity contribution is 5.79. The minimum absolute atomic E-state index is 0.405. The molecular formula is C14H14N6O. The highest BCUT2D eigenvalue weighted by Crippen LogP contribution is 2.27. The van der Waals surface area contributed by atoms with E-state index in [1.165, 1.54) is 6.33 Å². The number of hydrogen-bond acceptors (Lipinski definition) is 7. The van der Waals surface area contributed by atoms with Crippen LogP contribution >= 0.6 is 0 Å². The molecule has 3 aromatic rings. The van der Waals surface area contributed by atoms with Gasteiger partial charge in [0.2, 0.25) is 0 Å². The zero-order chi connectivity index (χ0) is 14.7. The summed E-state index contributed by atoms with van der Waals surface area (Å²) < 4.78 is 4.99. The fourth-order valence-corrected chi connectivity index (χ4v) is 1.80. The molecule has 0 fully saturated rings. The van der Waals surface area contributed by atoms with Gasteiger partial charge in [0.25, 0.3) is 0 Å². The van der Waals surface area contributed by atoms with Gasteiger partial charge in [0.1, 0.15) is 17.8 Å². The average Bonchev–Trinajstić information content (AvgIpc) is 2.90. The first-order valence-corrected chi connectivity index (χ1v) is 6.35. The molecule has 3 rings (SSSR count). The normalized spacial score (nSPS) is 10.3. The highest BCUT2D eigenvalue weighted by Gasteiger charge is 2.10. The van der Waals surface area contributed by atoms with Crippen LogP contribution in [0.25, 0.3) is 0 Å². The number of rotatable bonds is 4. The van der Waals surface area contributed by atoms with E-state index in [-0.39, 0.29) is 0 Å². The summed E-state index contributed by atoms with van der Waals surface area (Å²) in [7, 11) is 0. The molecule has 21 heavy (non-hydrogen) atoms. The Kier molecular flexibility index (Phi) is 3.38. The van der Waals surface area contributed by atoms with Crippen LogP contribution < -0.4 is 16.4 Å². The number of hydrogen-bond donors (Lipinski definition) is 3. The number of aromatic nitrogens is 3. The second-order valence-corrected chi connectivity index (χ2v) is 4.42. The minimum atomic E-state index is 0.405. The summed E-state index contributed by atoms with van der Waals surface area (Å²) in [5.41, 5.74) is 7.38. The molecule has 2 aromatic heterocycles. The van der Waals surface area contributed by atoms with E-state index in [0.29, 0.717) is 28.9 Å². The van der Waals surface area contributed by atoms with Gasteiger partial charge in [-0.05, 0) is 19.1 Å². The van der Waals surface area contributed by atoms with Gasteiger partial charge in [0.05, 0.1) is 0 Å². The molecule has 0 atom stereocenters. The summed E-state index contributed by atoms with van der Waals surface area (Å²) in [6.07, 6.45) is 1.43. The van der Waals surface area contributed by atoms with Gasteiger partial charge in [-0.15, -0.1) is 0 Å². The van der Waals surface area contributed by atoms with Crippen molar-refractivity contribution in [1.29, 1.82) is 0 Å². The van der Waals surface area contributed by atoms with Crippen molar-refractivity contribution in [2.24, 2.45) is 0 Å². The van der Waals surface area contributed by atoms with E-state index >= 15 is 0 Å². The first-order chi connectivity index (χ1) is 10.2. The predicted molar refractivity (Wildman–Crippen MR) is 80.7 cm³/mol. The Bertz CT molecular complexity index is 740. The molecular weight excluding hydrogens is 268 g/mol. The summed E-state index contributed by atoms with van der Waals surface area (Å²) in [5, 5.41) is 9.99. The van der Waals surface area contributed by atoms with Gasteiger partial charge in [-0.3, -0.25) is 0 Å². The molecule has 0 bridgehead atoms. The maximum absolute atomic E-state index is 6.08. The molecule has 0 aliphatic carbocycles. The number of nitrogen functional groups attached to an aromatic ring is 1. The lowest BCUT2D eigenvalue weighted by molar-refractivity contribution is 0.400. The lowest BCUT2D eigenvalue weighted by atomic mass is 10.3. The SMILES string of the molecule is Cc1cc(Nc2ncnc(Nc3ccccc3)c2N)no1. The van der Waals surface area contributed by atoms with Crippen molar-refractivity contribution in [3.8, 4) is 0 Å². The highest BCUT2D eigenvalue weighted by atomic mass is 16.5. The van der Waals surface area contributed by atoms with Gasteiger partial charge in [-0.25, -0.2) is 9.97 Å². The molecule has 0 amide bonds. The van der Waals surface area contributed by atoms with Crippen molar-refractivity contribution in [3.63, 3.8) is 0 Å². The molecule has 106 valence electrons. The molecule has 0 spiro atoms. The number of aryl methyl sites for hydroxylation is 1.